The van der Waals surface area contributed by atoms with Crippen molar-refractivity contribution < 1.29 is 4.79 Å². The van der Waals surface area contributed by atoms with Crippen LogP contribution in [0.1, 0.15) is 32.8 Å². The number of amides is 1. The summed E-state index contributed by atoms with van der Waals surface area (Å²) in [4.78, 5) is 16.6. The molecule has 21 heavy (non-hydrogen) atoms. The van der Waals surface area contributed by atoms with E-state index in [0.29, 0.717) is 6.42 Å². The molecule has 0 unspecified atom stereocenters. The Morgan fingerprint density at radius 3 is 2.38 bits per heavy atom. The Bertz CT molecular complexity index is 514. The number of aryl methyl sites for hydroxylation is 1. The Kier molecular flexibility index (Phi) is 4.82. The molecule has 1 amide bonds. The molecular formula is C17H25ClN2O. The van der Waals surface area contributed by atoms with E-state index in [1.807, 2.05) is 17.0 Å². The fourth-order valence-corrected chi connectivity index (χ4v) is 2.85. The van der Waals surface area contributed by atoms with Crippen LogP contribution < -0.4 is 4.90 Å². The van der Waals surface area contributed by atoms with Gasteiger partial charge in [0, 0.05) is 43.3 Å². The lowest BCUT2D eigenvalue weighted by atomic mass is 9.91. The van der Waals surface area contributed by atoms with Gasteiger partial charge in [-0.2, -0.15) is 0 Å². The molecule has 0 bridgehead atoms. The highest BCUT2D eigenvalue weighted by atomic mass is 35.5. The van der Waals surface area contributed by atoms with Gasteiger partial charge in [-0.25, -0.2) is 0 Å². The monoisotopic (exact) mass is 308 g/mol. The van der Waals surface area contributed by atoms with E-state index in [9.17, 15) is 4.79 Å². The van der Waals surface area contributed by atoms with E-state index in [0.717, 1.165) is 31.2 Å². The van der Waals surface area contributed by atoms with Gasteiger partial charge in [0.2, 0.25) is 5.91 Å². The lowest BCUT2D eigenvalue weighted by molar-refractivity contribution is -0.133. The van der Waals surface area contributed by atoms with Crippen molar-refractivity contribution in [2.45, 2.75) is 34.1 Å². The smallest absolute Gasteiger partial charge is 0.223 e. The molecule has 1 aromatic rings. The molecule has 0 aliphatic carbocycles. The minimum Gasteiger partial charge on any atom is -0.368 e. The van der Waals surface area contributed by atoms with Gasteiger partial charge in [-0.1, -0.05) is 38.4 Å². The SMILES string of the molecule is Cc1ccc(Cl)cc1N1CCN(C(=O)CC(C)(C)C)CC1. The van der Waals surface area contributed by atoms with Crippen LogP contribution in [-0.4, -0.2) is 37.0 Å². The zero-order valence-corrected chi connectivity index (χ0v) is 14.2. The zero-order chi connectivity index (χ0) is 15.6. The summed E-state index contributed by atoms with van der Waals surface area (Å²) in [6.07, 6.45) is 0.614. The Morgan fingerprint density at radius 2 is 1.81 bits per heavy atom. The van der Waals surface area contributed by atoms with Gasteiger partial charge < -0.3 is 9.80 Å². The molecule has 1 saturated heterocycles. The molecule has 116 valence electrons. The van der Waals surface area contributed by atoms with Gasteiger partial charge in [-0.3, -0.25) is 4.79 Å². The van der Waals surface area contributed by atoms with Crippen molar-refractivity contribution in [2.75, 3.05) is 31.1 Å². The van der Waals surface area contributed by atoms with Gasteiger partial charge in [0.25, 0.3) is 0 Å². The van der Waals surface area contributed by atoms with Gasteiger partial charge in [0.05, 0.1) is 0 Å². The van der Waals surface area contributed by atoms with Crippen LogP contribution in [0, 0.1) is 12.3 Å². The maximum Gasteiger partial charge on any atom is 0.223 e. The summed E-state index contributed by atoms with van der Waals surface area (Å²) in [5.74, 6) is 0.268. The summed E-state index contributed by atoms with van der Waals surface area (Å²) in [6.45, 7) is 11.8. The molecule has 0 aromatic heterocycles. The zero-order valence-electron chi connectivity index (χ0n) is 13.4. The second-order valence-electron chi connectivity index (χ2n) is 7.04. The number of halogens is 1. The molecular weight excluding hydrogens is 284 g/mol. The van der Waals surface area contributed by atoms with Crippen LogP contribution in [0.3, 0.4) is 0 Å². The average Bonchev–Trinajstić information content (AvgIpc) is 2.40. The van der Waals surface area contributed by atoms with Crippen molar-refractivity contribution in [3.05, 3.63) is 28.8 Å². The third-order valence-corrected chi connectivity index (χ3v) is 4.06. The molecule has 0 saturated carbocycles. The number of hydrogen-bond acceptors (Lipinski definition) is 2. The van der Waals surface area contributed by atoms with Gasteiger partial charge in [-0.15, -0.1) is 0 Å². The highest BCUT2D eigenvalue weighted by molar-refractivity contribution is 6.30. The molecule has 0 N–H and O–H groups in total. The summed E-state index contributed by atoms with van der Waals surface area (Å²) in [6, 6.07) is 5.99. The van der Waals surface area contributed by atoms with E-state index in [4.69, 9.17) is 11.6 Å². The van der Waals surface area contributed by atoms with Crippen molar-refractivity contribution in [1.82, 2.24) is 4.90 Å². The van der Waals surface area contributed by atoms with E-state index >= 15 is 0 Å². The van der Waals surface area contributed by atoms with E-state index in [1.165, 1.54) is 11.3 Å². The molecule has 0 spiro atoms. The maximum atomic E-state index is 12.3. The summed E-state index contributed by atoms with van der Waals surface area (Å²) < 4.78 is 0. The second-order valence-corrected chi connectivity index (χ2v) is 7.47. The number of benzene rings is 1. The second kappa shape index (κ2) is 6.27. The Hall–Kier alpha value is -1.22. The maximum absolute atomic E-state index is 12.3. The number of carbonyl (C=O) groups is 1. The summed E-state index contributed by atoms with van der Waals surface area (Å²) in [5.41, 5.74) is 2.47. The summed E-state index contributed by atoms with van der Waals surface area (Å²) in [7, 11) is 0. The third kappa shape index (κ3) is 4.37. The van der Waals surface area contributed by atoms with Crippen LogP contribution in [0.25, 0.3) is 0 Å². The van der Waals surface area contributed by atoms with E-state index in [-0.39, 0.29) is 11.3 Å². The van der Waals surface area contributed by atoms with Crippen LogP contribution in [0.5, 0.6) is 0 Å². The first-order valence-electron chi connectivity index (χ1n) is 7.55. The molecule has 1 heterocycles. The van der Waals surface area contributed by atoms with Crippen molar-refractivity contribution in [3.8, 4) is 0 Å². The van der Waals surface area contributed by atoms with Crippen LogP contribution in [0.15, 0.2) is 18.2 Å². The minimum absolute atomic E-state index is 0.0533. The van der Waals surface area contributed by atoms with Gasteiger partial charge in [0.15, 0.2) is 0 Å². The van der Waals surface area contributed by atoms with Crippen LogP contribution in [0.2, 0.25) is 5.02 Å². The lowest BCUT2D eigenvalue weighted by Gasteiger charge is -2.37. The number of rotatable bonds is 2. The first-order valence-corrected chi connectivity index (χ1v) is 7.93. The normalized spacial score (nSPS) is 16.2. The van der Waals surface area contributed by atoms with Crippen LogP contribution in [0.4, 0.5) is 5.69 Å². The topological polar surface area (TPSA) is 23.6 Å². The Balaban J connectivity index is 1.97. The van der Waals surface area contributed by atoms with Gasteiger partial charge in [-0.05, 0) is 30.0 Å². The molecule has 0 radical (unpaired) electrons. The fourth-order valence-electron chi connectivity index (χ4n) is 2.69. The molecule has 1 aliphatic heterocycles. The van der Waals surface area contributed by atoms with Gasteiger partial charge in [0.1, 0.15) is 0 Å². The standard InChI is InChI=1S/C17H25ClN2O/c1-13-5-6-14(18)11-15(13)19-7-9-20(10-8-19)16(21)12-17(2,3)4/h5-6,11H,7-10,12H2,1-4H3. The molecule has 3 nitrogen and oxygen atoms in total. The summed E-state index contributed by atoms with van der Waals surface area (Å²) in [5, 5.41) is 0.766. The number of anilines is 1. The van der Waals surface area contributed by atoms with E-state index < -0.39 is 0 Å². The summed E-state index contributed by atoms with van der Waals surface area (Å²) >= 11 is 6.10. The highest BCUT2D eigenvalue weighted by Crippen LogP contribution is 2.26. The predicted octanol–water partition coefficient (Wildman–Crippen LogP) is 3.73. The average molecular weight is 309 g/mol. The third-order valence-electron chi connectivity index (χ3n) is 3.83. The molecule has 1 fully saturated rings. The fraction of sp³-hybridized carbons (Fsp3) is 0.588. The Labute approximate surface area is 132 Å². The lowest BCUT2D eigenvalue weighted by Crippen LogP contribution is -2.49. The minimum atomic E-state index is 0.0533. The van der Waals surface area contributed by atoms with E-state index in [1.54, 1.807) is 0 Å². The molecule has 1 aromatic carbocycles. The predicted molar refractivity (Wildman–Crippen MR) is 89.1 cm³/mol. The largest absolute Gasteiger partial charge is 0.368 e. The van der Waals surface area contributed by atoms with Crippen molar-refractivity contribution in [2.24, 2.45) is 5.41 Å². The molecule has 0 atom stereocenters. The van der Waals surface area contributed by atoms with E-state index in [2.05, 4.69) is 38.7 Å². The number of hydrogen-bond donors (Lipinski definition) is 0. The number of nitrogens with zero attached hydrogens (tertiary/aromatic N) is 2. The van der Waals surface area contributed by atoms with Gasteiger partial charge >= 0.3 is 0 Å². The van der Waals surface area contributed by atoms with Crippen LogP contribution in [-0.2, 0) is 4.79 Å². The molecule has 1 aliphatic rings. The number of piperazine rings is 1. The van der Waals surface area contributed by atoms with Crippen molar-refractivity contribution >= 4 is 23.2 Å². The van der Waals surface area contributed by atoms with Crippen molar-refractivity contribution in [3.63, 3.8) is 0 Å². The number of carbonyl (C=O) groups excluding carboxylic acids is 1. The Morgan fingerprint density at radius 1 is 1.19 bits per heavy atom. The molecule has 4 heteroatoms. The van der Waals surface area contributed by atoms with Crippen molar-refractivity contribution in [1.29, 1.82) is 0 Å². The first-order chi connectivity index (χ1) is 9.76. The first kappa shape index (κ1) is 16.2. The highest BCUT2D eigenvalue weighted by Gasteiger charge is 2.25. The van der Waals surface area contributed by atoms with Crippen LogP contribution >= 0.6 is 11.6 Å². The quantitative estimate of drug-likeness (QED) is 0.831. The molecule has 2 rings (SSSR count).